The lowest BCUT2D eigenvalue weighted by molar-refractivity contribution is -0.196. The molecule has 0 aromatic carbocycles. The van der Waals surface area contributed by atoms with Crippen molar-refractivity contribution in [2.45, 2.75) is 31.2 Å². The SMILES string of the molecule is COc1ccnc(N(C)C(=O)[C@H]2[C@@H](C(F)(F)F)[C@H]3CC[C@H]2O3)c1. The van der Waals surface area contributed by atoms with Crippen molar-refractivity contribution in [2.24, 2.45) is 11.8 Å². The number of ether oxygens (including phenoxy) is 2. The standard InChI is InChI=1S/C15H17F3N2O3/c1-20(11-7-8(22-2)5-6-19-11)14(21)12-9-3-4-10(23-9)13(12)15(16,17)18/h5-7,9-10,12-13H,3-4H2,1-2H3/t9-,10-,12-,13+/m1/s1. The van der Waals surface area contributed by atoms with Gasteiger partial charge in [-0.2, -0.15) is 13.2 Å². The van der Waals surface area contributed by atoms with Gasteiger partial charge in [-0.25, -0.2) is 4.98 Å². The topological polar surface area (TPSA) is 51.7 Å². The fourth-order valence-electron chi connectivity index (χ4n) is 3.45. The van der Waals surface area contributed by atoms with Crippen LogP contribution in [0.4, 0.5) is 19.0 Å². The van der Waals surface area contributed by atoms with Crippen LogP contribution in [0.5, 0.6) is 5.75 Å². The third-order valence-electron chi connectivity index (χ3n) is 4.56. The van der Waals surface area contributed by atoms with Gasteiger partial charge in [0.15, 0.2) is 0 Å². The van der Waals surface area contributed by atoms with Crippen molar-refractivity contribution in [3.63, 3.8) is 0 Å². The molecule has 0 N–H and O–H groups in total. The third-order valence-corrected chi connectivity index (χ3v) is 4.56. The summed E-state index contributed by atoms with van der Waals surface area (Å²) >= 11 is 0. The van der Waals surface area contributed by atoms with Gasteiger partial charge in [0, 0.05) is 19.3 Å². The number of halogens is 3. The molecule has 0 unspecified atom stereocenters. The number of nitrogens with zero attached hydrogens (tertiary/aromatic N) is 2. The number of rotatable bonds is 3. The number of methoxy groups -OCH3 is 1. The first kappa shape index (κ1) is 16.0. The van der Waals surface area contributed by atoms with Gasteiger partial charge in [0.05, 0.1) is 31.2 Å². The van der Waals surface area contributed by atoms with Gasteiger partial charge >= 0.3 is 6.18 Å². The predicted molar refractivity (Wildman–Crippen MR) is 75.1 cm³/mol. The highest BCUT2D eigenvalue weighted by atomic mass is 19.4. The molecule has 1 aromatic rings. The Bertz CT molecular complexity index is 608. The highest BCUT2D eigenvalue weighted by Crippen LogP contribution is 2.51. The van der Waals surface area contributed by atoms with E-state index in [4.69, 9.17) is 9.47 Å². The van der Waals surface area contributed by atoms with Gasteiger partial charge in [0.2, 0.25) is 5.91 Å². The van der Waals surface area contributed by atoms with Gasteiger partial charge in [-0.05, 0) is 18.9 Å². The summed E-state index contributed by atoms with van der Waals surface area (Å²) in [7, 11) is 2.88. The molecule has 23 heavy (non-hydrogen) atoms. The number of fused-ring (bicyclic) bond motifs is 2. The maximum absolute atomic E-state index is 13.3. The molecule has 2 aliphatic rings. The van der Waals surface area contributed by atoms with Crippen LogP contribution in [-0.4, -0.2) is 43.4 Å². The first-order valence-corrected chi connectivity index (χ1v) is 7.32. The molecule has 2 bridgehead atoms. The number of aromatic nitrogens is 1. The van der Waals surface area contributed by atoms with Gasteiger partial charge in [-0.15, -0.1) is 0 Å². The van der Waals surface area contributed by atoms with Crippen LogP contribution in [0.15, 0.2) is 18.3 Å². The number of anilines is 1. The van der Waals surface area contributed by atoms with Gasteiger partial charge in [0.25, 0.3) is 0 Å². The molecule has 0 spiro atoms. The molecule has 4 atom stereocenters. The van der Waals surface area contributed by atoms with Crippen LogP contribution >= 0.6 is 0 Å². The van der Waals surface area contributed by atoms with E-state index in [9.17, 15) is 18.0 Å². The average Bonchev–Trinajstić information content (AvgIpc) is 3.13. The molecule has 5 nitrogen and oxygen atoms in total. The number of hydrogen-bond donors (Lipinski definition) is 0. The lowest BCUT2D eigenvalue weighted by Crippen LogP contribution is -2.47. The highest BCUT2D eigenvalue weighted by molar-refractivity contribution is 5.94. The Morgan fingerprint density at radius 2 is 2.09 bits per heavy atom. The molecule has 2 fully saturated rings. The van der Waals surface area contributed by atoms with E-state index in [0.29, 0.717) is 18.6 Å². The summed E-state index contributed by atoms with van der Waals surface area (Å²) < 4.78 is 50.4. The maximum atomic E-state index is 13.3. The van der Waals surface area contributed by atoms with E-state index in [1.807, 2.05) is 0 Å². The molecule has 0 aliphatic carbocycles. The molecule has 2 saturated heterocycles. The van der Waals surface area contributed by atoms with E-state index in [1.165, 1.54) is 26.4 Å². The second kappa shape index (κ2) is 5.67. The summed E-state index contributed by atoms with van der Waals surface area (Å²) in [6, 6.07) is 3.11. The van der Waals surface area contributed by atoms with Crippen molar-refractivity contribution in [3.8, 4) is 5.75 Å². The molecule has 3 heterocycles. The van der Waals surface area contributed by atoms with Gasteiger partial charge in [-0.3, -0.25) is 9.69 Å². The van der Waals surface area contributed by atoms with E-state index in [2.05, 4.69) is 4.98 Å². The van der Waals surface area contributed by atoms with Crippen LogP contribution < -0.4 is 9.64 Å². The van der Waals surface area contributed by atoms with Crippen LogP contribution in [-0.2, 0) is 9.53 Å². The summed E-state index contributed by atoms with van der Waals surface area (Å²) in [5, 5.41) is 0. The second-order valence-electron chi connectivity index (χ2n) is 5.83. The molecule has 0 saturated carbocycles. The zero-order valence-electron chi connectivity index (χ0n) is 12.7. The number of alkyl halides is 3. The van der Waals surface area contributed by atoms with Crippen LogP contribution in [0.1, 0.15) is 12.8 Å². The Morgan fingerprint density at radius 3 is 2.74 bits per heavy atom. The highest BCUT2D eigenvalue weighted by Gasteiger charge is 2.62. The van der Waals surface area contributed by atoms with Crippen LogP contribution in [0.3, 0.4) is 0 Å². The number of carbonyl (C=O) groups is 1. The summed E-state index contributed by atoms with van der Waals surface area (Å²) in [5.74, 6) is -2.86. The van der Waals surface area contributed by atoms with E-state index < -0.39 is 36.1 Å². The summed E-state index contributed by atoms with van der Waals surface area (Å²) in [6.45, 7) is 0. The van der Waals surface area contributed by atoms with Crippen molar-refractivity contribution in [1.29, 1.82) is 0 Å². The van der Waals surface area contributed by atoms with Crippen LogP contribution in [0, 0.1) is 11.8 Å². The monoisotopic (exact) mass is 330 g/mol. The molecular weight excluding hydrogens is 313 g/mol. The van der Waals surface area contributed by atoms with Crippen molar-refractivity contribution in [2.75, 3.05) is 19.1 Å². The van der Waals surface area contributed by atoms with E-state index in [1.54, 1.807) is 6.07 Å². The quantitative estimate of drug-likeness (QED) is 0.854. The third kappa shape index (κ3) is 2.75. The molecule has 126 valence electrons. The number of hydrogen-bond acceptors (Lipinski definition) is 4. The minimum absolute atomic E-state index is 0.248. The van der Waals surface area contributed by atoms with Crippen molar-refractivity contribution >= 4 is 11.7 Å². The lowest BCUT2D eigenvalue weighted by atomic mass is 9.78. The number of carbonyl (C=O) groups excluding carboxylic acids is 1. The fourth-order valence-corrected chi connectivity index (χ4v) is 3.45. The summed E-state index contributed by atoms with van der Waals surface area (Å²) in [5.41, 5.74) is 0. The Labute approximate surface area is 131 Å². The molecule has 1 aromatic heterocycles. The van der Waals surface area contributed by atoms with Crippen LogP contribution in [0.25, 0.3) is 0 Å². The van der Waals surface area contributed by atoms with Gasteiger partial charge < -0.3 is 9.47 Å². The minimum atomic E-state index is -4.46. The zero-order valence-corrected chi connectivity index (χ0v) is 12.7. The predicted octanol–water partition coefficient (Wildman–Crippen LogP) is 2.41. The van der Waals surface area contributed by atoms with Gasteiger partial charge in [-0.1, -0.05) is 0 Å². The lowest BCUT2D eigenvalue weighted by Gasteiger charge is -2.31. The van der Waals surface area contributed by atoms with E-state index in [0.717, 1.165) is 4.90 Å². The number of amides is 1. The molecule has 8 heteroatoms. The maximum Gasteiger partial charge on any atom is 0.395 e. The molecule has 2 aliphatic heterocycles. The van der Waals surface area contributed by atoms with E-state index >= 15 is 0 Å². The first-order valence-electron chi connectivity index (χ1n) is 7.32. The Balaban J connectivity index is 1.86. The summed E-state index contributed by atoms with van der Waals surface area (Å²) in [4.78, 5) is 17.8. The largest absolute Gasteiger partial charge is 0.497 e. The van der Waals surface area contributed by atoms with Gasteiger partial charge in [0.1, 0.15) is 11.6 Å². The average molecular weight is 330 g/mol. The Hall–Kier alpha value is -1.83. The normalized spacial score (nSPS) is 29.6. The first-order chi connectivity index (χ1) is 10.8. The summed E-state index contributed by atoms with van der Waals surface area (Å²) in [6.07, 6.45) is -3.78. The zero-order chi connectivity index (χ0) is 16.8. The Kier molecular flexibility index (Phi) is 3.95. The van der Waals surface area contributed by atoms with Crippen LogP contribution in [0.2, 0.25) is 0 Å². The Morgan fingerprint density at radius 1 is 1.39 bits per heavy atom. The smallest absolute Gasteiger partial charge is 0.395 e. The van der Waals surface area contributed by atoms with Crippen molar-refractivity contribution < 1.29 is 27.4 Å². The molecular formula is C15H17F3N2O3. The fraction of sp³-hybridized carbons (Fsp3) is 0.600. The van der Waals surface area contributed by atoms with Crippen molar-refractivity contribution in [1.82, 2.24) is 4.98 Å². The minimum Gasteiger partial charge on any atom is -0.497 e. The van der Waals surface area contributed by atoms with Crippen molar-refractivity contribution in [3.05, 3.63) is 18.3 Å². The second-order valence-corrected chi connectivity index (χ2v) is 5.83. The molecule has 3 rings (SSSR count). The molecule has 0 radical (unpaired) electrons. The van der Waals surface area contributed by atoms with E-state index in [-0.39, 0.29) is 5.82 Å². The molecule has 1 amide bonds. The number of pyridine rings is 1.